The highest BCUT2D eigenvalue weighted by molar-refractivity contribution is 7.20. The zero-order valence-electron chi connectivity index (χ0n) is 11.5. The van der Waals surface area contributed by atoms with Gasteiger partial charge >= 0.3 is 0 Å². The van der Waals surface area contributed by atoms with Gasteiger partial charge in [0.15, 0.2) is 0 Å². The topological polar surface area (TPSA) is 55.6 Å². The molecule has 0 spiro atoms. The number of morpholine rings is 1. The summed E-state index contributed by atoms with van der Waals surface area (Å²) in [4.78, 5) is 15.2. The zero-order chi connectivity index (χ0) is 14.1. The van der Waals surface area contributed by atoms with Crippen LogP contribution in [0, 0.1) is 0 Å². The lowest BCUT2D eigenvalue weighted by molar-refractivity contribution is -0.0224. The van der Waals surface area contributed by atoms with Crippen molar-refractivity contribution in [3.05, 3.63) is 29.1 Å². The van der Waals surface area contributed by atoms with Gasteiger partial charge in [0, 0.05) is 23.5 Å². The lowest BCUT2D eigenvalue weighted by Gasteiger charge is -2.32. The first kappa shape index (κ1) is 13.4. The van der Waals surface area contributed by atoms with E-state index in [2.05, 4.69) is 6.92 Å². The van der Waals surface area contributed by atoms with Gasteiger partial charge < -0.3 is 15.4 Å². The van der Waals surface area contributed by atoms with E-state index in [4.69, 9.17) is 10.5 Å². The third-order valence-electron chi connectivity index (χ3n) is 3.63. The molecule has 3 rings (SSSR count). The van der Waals surface area contributed by atoms with Gasteiger partial charge in [-0.3, -0.25) is 4.79 Å². The van der Waals surface area contributed by atoms with Crippen molar-refractivity contribution in [1.82, 2.24) is 4.90 Å². The van der Waals surface area contributed by atoms with Crippen molar-refractivity contribution in [2.75, 3.05) is 25.4 Å². The lowest BCUT2D eigenvalue weighted by atomic mass is 10.2. The minimum absolute atomic E-state index is 0.103. The molecule has 1 amide bonds. The number of thiophene rings is 1. The predicted molar refractivity (Wildman–Crippen MR) is 82.2 cm³/mol. The summed E-state index contributed by atoms with van der Waals surface area (Å²) in [5, 5.41) is 1.04. The van der Waals surface area contributed by atoms with Gasteiger partial charge in [0.05, 0.1) is 17.6 Å². The van der Waals surface area contributed by atoms with Crippen LogP contribution >= 0.6 is 11.3 Å². The second-order valence-corrected chi connectivity index (χ2v) is 6.14. The first-order valence-corrected chi connectivity index (χ1v) is 7.69. The normalized spacial score (nSPS) is 19.4. The van der Waals surface area contributed by atoms with E-state index in [-0.39, 0.29) is 12.0 Å². The molecule has 1 aromatic carbocycles. The monoisotopic (exact) mass is 290 g/mol. The Bertz CT molecular complexity index is 638. The molecule has 1 aliphatic rings. The van der Waals surface area contributed by atoms with Gasteiger partial charge in [-0.2, -0.15) is 0 Å². The third kappa shape index (κ3) is 2.51. The van der Waals surface area contributed by atoms with Crippen LogP contribution in [-0.2, 0) is 4.74 Å². The van der Waals surface area contributed by atoms with Crippen molar-refractivity contribution in [1.29, 1.82) is 0 Å². The number of carbonyl (C=O) groups excluding carboxylic acids is 1. The summed E-state index contributed by atoms with van der Waals surface area (Å²) in [5.41, 5.74) is 6.51. The summed E-state index contributed by atoms with van der Waals surface area (Å²) < 4.78 is 6.71. The van der Waals surface area contributed by atoms with Crippen LogP contribution in [0.4, 0.5) is 5.69 Å². The van der Waals surface area contributed by atoms with Crippen molar-refractivity contribution >= 4 is 33.0 Å². The number of hydrogen-bond acceptors (Lipinski definition) is 4. The fraction of sp³-hybridized carbons (Fsp3) is 0.400. The Kier molecular flexibility index (Phi) is 3.63. The molecule has 2 N–H and O–H groups in total. The second-order valence-electron chi connectivity index (χ2n) is 5.06. The van der Waals surface area contributed by atoms with E-state index in [1.807, 2.05) is 29.2 Å². The summed E-state index contributed by atoms with van der Waals surface area (Å²) in [6, 6.07) is 7.70. The van der Waals surface area contributed by atoms with Crippen LogP contribution in [0.5, 0.6) is 0 Å². The zero-order valence-corrected chi connectivity index (χ0v) is 12.3. The Morgan fingerprint density at radius 1 is 1.50 bits per heavy atom. The number of hydrogen-bond donors (Lipinski definition) is 1. The minimum atomic E-state index is 0.103. The number of anilines is 1. The third-order valence-corrected chi connectivity index (χ3v) is 4.74. The van der Waals surface area contributed by atoms with Gasteiger partial charge in [-0.05, 0) is 36.1 Å². The Labute approximate surface area is 122 Å². The molecular formula is C15H18N2O2S. The lowest BCUT2D eigenvalue weighted by Crippen LogP contribution is -2.45. The molecule has 1 saturated heterocycles. The average molecular weight is 290 g/mol. The number of benzene rings is 1. The molecule has 4 nitrogen and oxygen atoms in total. The van der Waals surface area contributed by atoms with Gasteiger partial charge in [-0.15, -0.1) is 11.3 Å². The van der Waals surface area contributed by atoms with Gasteiger partial charge in [0.2, 0.25) is 0 Å². The van der Waals surface area contributed by atoms with Crippen LogP contribution in [0.15, 0.2) is 24.3 Å². The van der Waals surface area contributed by atoms with E-state index in [0.29, 0.717) is 19.7 Å². The molecule has 0 radical (unpaired) electrons. The number of amides is 1. The van der Waals surface area contributed by atoms with Gasteiger partial charge in [-0.25, -0.2) is 0 Å². The highest BCUT2D eigenvalue weighted by Crippen LogP contribution is 2.28. The van der Waals surface area contributed by atoms with Crippen LogP contribution in [0.25, 0.3) is 10.1 Å². The Balaban J connectivity index is 1.84. The maximum Gasteiger partial charge on any atom is 0.264 e. The van der Waals surface area contributed by atoms with Gasteiger partial charge in [0.1, 0.15) is 0 Å². The SMILES string of the molecule is CCC1CN(C(=O)c2cc3cc(N)ccc3s2)CCO1. The summed E-state index contributed by atoms with van der Waals surface area (Å²) in [7, 11) is 0. The molecule has 20 heavy (non-hydrogen) atoms. The number of nitrogens with two attached hydrogens (primary N) is 1. The molecule has 2 heterocycles. The number of nitrogens with zero attached hydrogens (tertiary/aromatic N) is 1. The van der Waals surface area contributed by atoms with E-state index in [1.54, 1.807) is 0 Å². The highest BCUT2D eigenvalue weighted by Gasteiger charge is 2.25. The summed E-state index contributed by atoms with van der Waals surface area (Å²) >= 11 is 1.53. The number of fused-ring (bicyclic) bond motifs is 1. The standard InChI is InChI=1S/C15H18N2O2S/c1-2-12-9-17(5-6-19-12)15(18)14-8-10-7-11(16)3-4-13(10)20-14/h3-4,7-8,12H,2,5-6,9,16H2,1H3. The largest absolute Gasteiger partial charge is 0.399 e. The summed E-state index contributed by atoms with van der Waals surface area (Å²) in [6.45, 7) is 4.07. The molecule has 1 fully saturated rings. The molecule has 0 bridgehead atoms. The quantitative estimate of drug-likeness (QED) is 0.865. The Hall–Kier alpha value is -1.59. The second kappa shape index (κ2) is 5.42. The first-order chi connectivity index (χ1) is 9.67. The first-order valence-electron chi connectivity index (χ1n) is 6.87. The van der Waals surface area contributed by atoms with Crippen LogP contribution in [0.1, 0.15) is 23.0 Å². The predicted octanol–water partition coefficient (Wildman–Crippen LogP) is 2.73. The van der Waals surface area contributed by atoms with Crippen LogP contribution in [-0.4, -0.2) is 36.6 Å². The van der Waals surface area contributed by atoms with Gasteiger partial charge in [-0.1, -0.05) is 6.92 Å². The number of nitrogen functional groups attached to an aromatic ring is 1. The van der Waals surface area contributed by atoms with Crippen LogP contribution in [0.2, 0.25) is 0 Å². The van der Waals surface area contributed by atoms with Crippen LogP contribution < -0.4 is 5.73 Å². The summed E-state index contributed by atoms with van der Waals surface area (Å²) in [6.07, 6.45) is 1.10. The van der Waals surface area contributed by atoms with E-state index in [9.17, 15) is 4.79 Å². The number of rotatable bonds is 2. The molecule has 1 atom stereocenters. The average Bonchev–Trinajstić information content (AvgIpc) is 2.89. The molecule has 1 unspecified atom stereocenters. The smallest absolute Gasteiger partial charge is 0.264 e. The molecule has 106 valence electrons. The van der Waals surface area contributed by atoms with Crippen molar-refractivity contribution in [3.8, 4) is 0 Å². The van der Waals surface area contributed by atoms with Crippen molar-refractivity contribution < 1.29 is 9.53 Å². The molecule has 0 aliphatic carbocycles. The summed E-state index contributed by atoms with van der Waals surface area (Å²) in [5.74, 6) is 0.103. The fourth-order valence-electron chi connectivity index (χ4n) is 2.47. The van der Waals surface area contributed by atoms with Gasteiger partial charge in [0.25, 0.3) is 5.91 Å². The van der Waals surface area contributed by atoms with E-state index in [0.717, 1.165) is 27.1 Å². The van der Waals surface area contributed by atoms with E-state index in [1.165, 1.54) is 11.3 Å². The van der Waals surface area contributed by atoms with Crippen molar-refractivity contribution in [2.24, 2.45) is 0 Å². The van der Waals surface area contributed by atoms with Crippen LogP contribution in [0.3, 0.4) is 0 Å². The maximum absolute atomic E-state index is 12.6. The van der Waals surface area contributed by atoms with E-state index >= 15 is 0 Å². The molecule has 2 aromatic rings. The van der Waals surface area contributed by atoms with E-state index < -0.39 is 0 Å². The minimum Gasteiger partial charge on any atom is -0.399 e. The van der Waals surface area contributed by atoms with Crippen molar-refractivity contribution in [3.63, 3.8) is 0 Å². The Morgan fingerprint density at radius 2 is 2.35 bits per heavy atom. The molecular weight excluding hydrogens is 272 g/mol. The number of carbonyl (C=O) groups is 1. The number of ether oxygens (including phenoxy) is 1. The highest BCUT2D eigenvalue weighted by atomic mass is 32.1. The molecule has 1 aliphatic heterocycles. The maximum atomic E-state index is 12.6. The molecule has 5 heteroatoms. The fourth-order valence-corrected chi connectivity index (χ4v) is 3.48. The molecule has 0 saturated carbocycles. The molecule has 1 aromatic heterocycles. The Morgan fingerprint density at radius 3 is 3.15 bits per heavy atom. The van der Waals surface area contributed by atoms with Crippen molar-refractivity contribution in [2.45, 2.75) is 19.4 Å².